The summed E-state index contributed by atoms with van der Waals surface area (Å²) in [5, 5.41) is -0.0755. The van der Waals surface area contributed by atoms with Crippen molar-refractivity contribution in [2.24, 2.45) is 5.73 Å². The first-order valence-corrected chi connectivity index (χ1v) is 9.87. The zero-order chi connectivity index (χ0) is 21.3. The van der Waals surface area contributed by atoms with Crippen molar-refractivity contribution in [2.45, 2.75) is 25.0 Å². The van der Waals surface area contributed by atoms with Crippen LogP contribution in [0, 0.1) is 0 Å². The fourth-order valence-corrected chi connectivity index (χ4v) is 4.54. The minimum absolute atomic E-state index is 0.0209. The predicted octanol–water partition coefficient (Wildman–Crippen LogP) is 1.87. The summed E-state index contributed by atoms with van der Waals surface area (Å²) < 4.78 is 15.4. The molecule has 1 aromatic carbocycles. The Morgan fingerprint density at radius 2 is 1.79 bits per heavy atom. The highest BCUT2D eigenvalue weighted by molar-refractivity contribution is 8.04. The van der Waals surface area contributed by atoms with Gasteiger partial charge in [0.2, 0.25) is 5.91 Å². The number of rotatable bonds is 5. The van der Waals surface area contributed by atoms with E-state index in [1.165, 1.54) is 23.8 Å². The van der Waals surface area contributed by atoms with E-state index < -0.39 is 23.1 Å². The number of hydrogen-bond donors (Lipinski definition) is 1. The number of benzene rings is 1. The van der Waals surface area contributed by atoms with Crippen molar-refractivity contribution in [1.29, 1.82) is 0 Å². The molecule has 2 heterocycles. The van der Waals surface area contributed by atoms with Crippen molar-refractivity contribution in [2.75, 3.05) is 20.8 Å². The molecule has 0 aliphatic carbocycles. The van der Waals surface area contributed by atoms with Crippen LogP contribution in [0.15, 0.2) is 46.3 Å². The lowest BCUT2D eigenvalue weighted by Gasteiger charge is -2.33. The third-order valence-corrected chi connectivity index (χ3v) is 5.91. The van der Waals surface area contributed by atoms with Crippen molar-refractivity contribution >= 4 is 29.6 Å². The Labute approximate surface area is 172 Å². The van der Waals surface area contributed by atoms with Gasteiger partial charge in [0.15, 0.2) is 0 Å². The summed E-state index contributed by atoms with van der Waals surface area (Å²) in [6.45, 7) is 3.55. The van der Waals surface area contributed by atoms with Crippen LogP contribution in [-0.2, 0) is 23.9 Å². The van der Waals surface area contributed by atoms with Crippen molar-refractivity contribution in [1.82, 2.24) is 4.90 Å². The molecule has 29 heavy (non-hydrogen) atoms. The van der Waals surface area contributed by atoms with Gasteiger partial charge in [-0.15, -0.1) is 0 Å². The number of nitrogens with two attached hydrogens (primary N) is 1. The van der Waals surface area contributed by atoms with Crippen molar-refractivity contribution in [3.8, 4) is 5.75 Å². The van der Waals surface area contributed by atoms with Crippen molar-refractivity contribution in [3.63, 3.8) is 0 Å². The van der Waals surface area contributed by atoms with Gasteiger partial charge in [-0.05, 0) is 31.5 Å². The quantitative estimate of drug-likeness (QED) is 0.722. The summed E-state index contributed by atoms with van der Waals surface area (Å²) in [7, 11) is 2.76. The largest absolute Gasteiger partial charge is 0.497 e. The number of esters is 2. The lowest BCUT2D eigenvalue weighted by atomic mass is 9.82. The van der Waals surface area contributed by atoms with Crippen LogP contribution in [0.2, 0.25) is 0 Å². The van der Waals surface area contributed by atoms with Crippen LogP contribution < -0.4 is 10.5 Å². The molecule has 0 saturated carbocycles. The van der Waals surface area contributed by atoms with E-state index in [4.69, 9.17) is 19.9 Å². The number of carbonyl (C=O) groups is 3. The van der Waals surface area contributed by atoms with E-state index in [9.17, 15) is 14.4 Å². The predicted molar refractivity (Wildman–Crippen MR) is 107 cm³/mol. The number of carbonyl (C=O) groups excluding carboxylic acids is 3. The molecule has 1 amide bonds. The second kappa shape index (κ2) is 8.20. The summed E-state index contributed by atoms with van der Waals surface area (Å²) in [4.78, 5) is 39.5. The maximum absolute atomic E-state index is 13.0. The molecule has 2 aliphatic heterocycles. The molecule has 1 saturated heterocycles. The Balaban J connectivity index is 2.28. The molecule has 3 rings (SSSR count). The number of methoxy groups -OCH3 is 2. The van der Waals surface area contributed by atoms with E-state index >= 15 is 0 Å². The molecule has 2 N–H and O–H groups in total. The van der Waals surface area contributed by atoms with E-state index in [-0.39, 0.29) is 29.5 Å². The summed E-state index contributed by atoms with van der Waals surface area (Å²) in [6, 6.07) is 6.91. The minimum Gasteiger partial charge on any atom is -0.497 e. The van der Waals surface area contributed by atoms with Crippen LogP contribution >= 0.6 is 11.8 Å². The highest BCUT2D eigenvalue weighted by Crippen LogP contribution is 2.49. The van der Waals surface area contributed by atoms with E-state index in [0.717, 1.165) is 0 Å². The lowest BCUT2D eigenvalue weighted by Crippen LogP contribution is -2.40. The molecule has 0 aromatic heterocycles. The van der Waals surface area contributed by atoms with Crippen LogP contribution in [0.25, 0.3) is 0 Å². The SMILES string of the molecule is CCOC(=O)C1=C2SC(C)C(=O)N2C(N)=C(C(=O)OC)C1c1ccc(OC)cc1. The Morgan fingerprint density at radius 1 is 1.14 bits per heavy atom. The van der Waals surface area contributed by atoms with Gasteiger partial charge in [0, 0.05) is 0 Å². The Hall–Kier alpha value is -2.94. The van der Waals surface area contributed by atoms with Gasteiger partial charge < -0.3 is 19.9 Å². The first-order chi connectivity index (χ1) is 13.8. The summed E-state index contributed by atoms with van der Waals surface area (Å²) in [6.07, 6.45) is 0. The van der Waals surface area contributed by atoms with Crippen LogP contribution in [0.5, 0.6) is 5.75 Å². The number of ether oxygens (including phenoxy) is 3. The molecule has 9 heteroatoms. The molecule has 1 fully saturated rings. The van der Waals surface area contributed by atoms with Crippen LogP contribution in [0.4, 0.5) is 0 Å². The van der Waals surface area contributed by atoms with Crippen molar-refractivity contribution < 1.29 is 28.6 Å². The molecule has 8 nitrogen and oxygen atoms in total. The van der Waals surface area contributed by atoms with Gasteiger partial charge in [-0.3, -0.25) is 9.69 Å². The van der Waals surface area contributed by atoms with Gasteiger partial charge in [0.1, 0.15) is 11.6 Å². The monoisotopic (exact) mass is 418 g/mol. The molecule has 0 radical (unpaired) electrons. The van der Waals surface area contributed by atoms with Gasteiger partial charge in [0.25, 0.3) is 0 Å². The van der Waals surface area contributed by atoms with Crippen LogP contribution in [0.3, 0.4) is 0 Å². The first kappa shape index (κ1) is 20.8. The molecular weight excluding hydrogens is 396 g/mol. The normalized spacial score (nSPS) is 21.2. The number of thioether (sulfide) groups is 1. The number of nitrogens with zero attached hydrogens (tertiary/aromatic N) is 1. The zero-order valence-corrected chi connectivity index (χ0v) is 17.4. The van der Waals surface area contributed by atoms with E-state index in [0.29, 0.717) is 16.3 Å². The Bertz CT molecular complexity index is 921. The zero-order valence-electron chi connectivity index (χ0n) is 16.6. The second-order valence-corrected chi connectivity index (χ2v) is 7.70. The van der Waals surface area contributed by atoms with Gasteiger partial charge >= 0.3 is 11.9 Å². The molecule has 1 aromatic rings. The molecule has 0 spiro atoms. The van der Waals surface area contributed by atoms with Crippen LogP contribution in [0.1, 0.15) is 25.3 Å². The fraction of sp³-hybridized carbons (Fsp3) is 0.350. The molecule has 2 unspecified atom stereocenters. The fourth-order valence-electron chi connectivity index (χ4n) is 3.38. The van der Waals surface area contributed by atoms with Gasteiger partial charge in [-0.2, -0.15) is 0 Å². The Morgan fingerprint density at radius 3 is 2.34 bits per heavy atom. The highest BCUT2D eigenvalue weighted by Gasteiger charge is 2.48. The number of hydrogen-bond acceptors (Lipinski definition) is 8. The summed E-state index contributed by atoms with van der Waals surface area (Å²) in [5.74, 6) is -1.91. The number of fused-ring (bicyclic) bond motifs is 1. The molecule has 154 valence electrons. The second-order valence-electron chi connectivity index (χ2n) is 6.37. The average Bonchev–Trinajstić information content (AvgIpc) is 3.02. The molecular formula is C20H22N2O6S. The highest BCUT2D eigenvalue weighted by atomic mass is 32.2. The lowest BCUT2D eigenvalue weighted by molar-refractivity contribution is -0.139. The van der Waals surface area contributed by atoms with E-state index in [1.807, 2.05) is 0 Å². The number of amides is 1. The molecule has 2 aliphatic rings. The Kier molecular flexibility index (Phi) is 5.88. The standard InChI is InChI=1S/C20H22N2O6S/c1-5-28-20(25)15-13(11-6-8-12(26-3)9-7-11)14(19(24)27-4)16(21)22-17(23)10(2)29-18(15)22/h6-10,13H,5,21H2,1-4H3. The maximum Gasteiger partial charge on any atom is 0.338 e. The van der Waals surface area contributed by atoms with Gasteiger partial charge in [-0.25, -0.2) is 9.59 Å². The van der Waals surface area contributed by atoms with Crippen LogP contribution in [-0.4, -0.2) is 48.8 Å². The third kappa shape index (κ3) is 3.46. The van der Waals surface area contributed by atoms with Gasteiger partial charge in [0.05, 0.1) is 48.2 Å². The van der Waals surface area contributed by atoms with E-state index in [1.54, 1.807) is 45.2 Å². The van der Waals surface area contributed by atoms with E-state index in [2.05, 4.69) is 0 Å². The molecule has 0 bridgehead atoms. The summed E-state index contributed by atoms with van der Waals surface area (Å²) in [5.41, 5.74) is 7.11. The first-order valence-electron chi connectivity index (χ1n) is 8.99. The van der Waals surface area contributed by atoms with Gasteiger partial charge in [-0.1, -0.05) is 23.9 Å². The minimum atomic E-state index is -0.843. The third-order valence-electron chi connectivity index (χ3n) is 4.73. The average molecular weight is 418 g/mol. The van der Waals surface area contributed by atoms with Crippen molar-refractivity contribution in [3.05, 3.63) is 51.8 Å². The topological polar surface area (TPSA) is 108 Å². The smallest absolute Gasteiger partial charge is 0.338 e. The molecule has 2 atom stereocenters. The summed E-state index contributed by atoms with van der Waals surface area (Å²) >= 11 is 1.22. The maximum atomic E-state index is 13.0.